The first-order valence-electron chi connectivity index (χ1n) is 9.87. The van der Waals surface area contributed by atoms with Gasteiger partial charge in [-0.05, 0) is 30.3 Å². The molecule has 0 unspecified atom stereocenters. The van der Waals surface area contributed by atoms with Gasteiger partial charge in [0, 0.05) is 29.1 Å². The third-order valence-electron chi connectivity index (χ3n) is 4.67. The van der Waals surface area contributed by atoms with E-state index in [1.807, 2.05) is 59.2 Å². The summed E-state index contributed by atoms with van der Waals surface area (Å²) in [6, 6.07) is 22.9. The maximum absolute atomic E-state index is 12.5. The predicted molar refractivity (Wildman–Crippen MR) is 126 cm³/mol. The summed E-state index contributed by atoms with van der Waals surface area (Å²) >= 11 is 1.22. The number of nitrogens with one attached hydrogen (secondary N) is 1. The molecule has 1 aromatic heterocycles. The van der Waals surface area contributed by atoms with Crippen LogP contribution in [0.15, 0.2) is 84.0 Å². The number of methoxy groups -OCH3 is 1. The number of aromatic nitrogens is 3. The number of nitro benzene ring substituents is 1. The maximum Gasteiger partial charge on any atom is 0.271 e. The lowest BCUT2D eigenvalue weighted by Gasteiger charge is -2.11. The number of ether oxygens (including phenoxy) is 1. The summed E-state index contributed by atoms with van der Waals surface area (Å²) in [5.74, 6) is 1.10. The first kappa shape index (κ1) is 22.0. The Morgan fingerprint density at radius 2 is 1.82 bits per heavy atom. The molecule has 0 aliphatic carbocycles. The molecular formula is C23H19N5O4S. The fourth-order valence-corrected chi connectivity index (χ4v) is 3.88. The highest BCUT2D eigenvalue weighted by Crippen LogP contribution is 2.29. The lowest BCUT2D eigenvalue weighted by Crippen LogP contribution is -2.14. The first-order valence-corrected chi connectivity index (χ1v) is 10.9. The van der Waals surface area contributed by atoms with Gasteiger partial charge in [0.2, 0.25) is 5.91 Å². The molecule has 0 radical (unpaired) electrons. The van der Waals surface area contributed by atoms with Gasteiger partial charge < -0.3 is 10.1 Å². The van der Waals surface area contributed by atoms with Crippen LogP contribution in [0.3, 0.4) is 0 Å². The van der Waals surface area contributed by atoms with E-state index in [9.17, 15) is 14.9 Å². The van der Waals surface area contributed by atoms with Gasteiger partial charge >= 0.3 is 0 Å². The molecule has 0 saturated heterocycles. The second-order valence-electron chi connectivity index (χ2n) is 6.85. The molecule has 1 N–H and O–H groups in total. The molecule has 0 bridgehead atoms. The molecule has 4 aromatic rings. The molecule has 9 nitrogen and oxygen atoms in total. The Labute approximate surface area is 193 Å². The number of benzene rings is 3. The Bertz CT molecular complexity index is 1280. The van der Waals surface area contributed by atoms with Crippen LogP contribution in [0, 0.1) is 10.1 Å². The molecule has 4 rings (SSSR count). The largest absolute Gasteiger partial charge is 0.497 e. The highest BCUT2D eigenvalue weighted by atomic mass is 32.2. The lowest BCUT2D eigenvalue weighted by atomic mass is 10.2. The van der Waals surface area contributed by atoms with Crippen LogP contribution in [0.5, 0.6) is 5.75 Å². The van der Waals surface area contributed by atoms with Crippen LogP contribution in [-0.4, -0.2) is 38.5 Å². The monoisotopic (exact) mass is 461 g/mol. The number of nitro groups is 1. The van der Waals surface area contributed by atoms with Crippen molar-refractivity contribution in [2.45, 2.75) is 5.16 Å². The molecule has 1 heterocycles. The number of carbonyl (C=O) groups is 1. The fourth-order valence-electron chi connectivity index (χ4n) is 3.13. The van der Waals surface area contributed by atoms with Crippen LogP contribution in [-0.2, 0) is 4.79 Å². The number of thioether (sulfide) groups is 1. The van der Waals surface area contributed by atoms with Gasteiger partial charge in [0.05, 0.1) is 17.8 Å². The molecule has 0 atom stereocenters. The summed E-state index contributed by atoms with van der Waals surface area (Å²) in [6.45, 7) is 0. The SMILES string of the molecule is COc1ccc(-n2c(SCC(=O)Nc3cccc([N+](=O)[O-])c3)nnc2-c2ccccc2)cc1. The minimum absolute atomic E-state index is 0.0474. The van der Waals surface area contributed by atoms with Crippen molar-refractivity contribution in [3.8, 4) is 22.8 Å². The molecule has 166 valence electrons. The van der Waals surface area contributed by atoms with Crippen LogP contribution in [0.4, 0.5) is 11.4 Å². The second-order valence-corrected chi connectivity index (χ2v) is 7.79. The molecule has 0 fully saturated rings. The Morgan fingerprint density at radius 1 is 1.06 bits per heavy atom. The molecule has 10 heteroatoms. The van der Waals surface area contributed by atoms with E-state index in [-0.39, 0.29) is 17.3 Å². The van der Waals surface area contributed by atoms with Gasteiger partial charge in [-0.3, -0.25) is 19.5 Å². The van der Waals surface area contributed by atoms with Crippen molar-refractivity contribution >= 4 is 29.0 Å². The predicted octanol–water partition coefficient (Wildman–Crippen LogP) is 4.58. The van der Waals surface area contributed by atoms with Crippen molar-refractivity contribution < 1.29 is 14.5 Å². The molecule has 0 aliphatic heterocycles. The average Bonchev–Trinajstić information content (AvgIpc) is 3.27. The summed E-state index contributed by atoms with van der Waals surface area (Å²) < 4.78 is 7.12. The quantitative estimate of drug-likeness (QED) is 0.232. The zero-order chi connectivity index (χ0) is 23.2. The average molecular weight is 462 g/mol. The van der Waals surface area contributed by atoms with Gasteiger partial charge in [-0.1, -0.05) is 48.2 Å². The number of amides is 1. The maximum atomic E-state index is 12.5. The summed E-state index contributed by atoms with van der Waals surface area (Å²) in [5.41, 5.74) is 1.97. The van der Waals surface area contributed by atoms with Gasteiger partial charge in [0.15, 0.2) is 11.0 Å². The number of hydrogen-bond acceptors (Lipinski definition) is 7. The fraction of sp³-hybridized carbons (Fsp3) is 0.0870. The van der Waals surface area contributed by atoms with Gasteiger partial charge in [0.1, 0.15) is 5.75 Å². The lowest BCUT2D eigenvalue weighted by molar-refractivity contribution is -0.384. The Morgan fingerprint density at radius 3 is 2.52 bits per heavy atom. The third-order valence-corrected chi connectivity index (χ3v) is 5.60. The Hall–Kier alpha value is -4.18. The van der Waals surface area contributed by atoms with Crippen molar-refractivity contribution in [3.63, 3.8) is 0 Å². The molecular weight excluding hydrogens is 442 g/mol. The van der Waals surface area contributed by atoms with Crippen molar-refractivity contribution in [1.29, 1.82) is 0 Å². The van der Waals surface area contributed by atoms with E-state index in [2.05, 4.69) is 15.5 Å². The normalized spacial score (nSPS) is 10.6. The Balaban J connectivity index is 1.57. The number of non-ortho nitro benzene ring substituents is 1. The van der Waals surface area contributed by atoms with Crippen molar-refractivity contribution in [2.75, 3.05) is 18.2 Å². The minimum atomic E-state index is -0.507. The summed E-state index contributed by atoms with van der Waals surface area (Å²) in [7, 11) is 1.60. The highest BCUT2D eigenvalue weighted by Gasteiger charge is 2.18. The number of nitrogens with zero attached hydrogens (tertiary/aromatic N) is 4. The van der Waals surface area contributed by atoms with Gasteiger partial charge in [-0.15, -0.1) is 10.2 Å². The highest BCUT2D eigenvalue weighted by molar-refractivity contribution is 7.99. The molecule has 33 heavy (non-hydrogen) atoms. The molecule has 0 aliphatic rings. The van der Waals surface area contributed by atoms with Crippen molar-refractivity contribution in [3.05, 3.63) is 89.0 Å². The van der Waals surface area contributed by atoms with Gasteiger partial charge in [-0.25, -0.2) is 0 Å². The van der Waals surface area contributed by atoms with E-state index in [0.29, 0.717) is 16.7 Å². The standard InChI is InChI=1S/C23H19N5O4S/c1-32-20-12-10-18(11-13-20)27-22(16-6-3-2-4-7-16)25-26-23(27)33-15-21(29)24-17-8-5-9-19(14-17)28(30)31/h2-14H,15H2,1H3,(H,24,29). The van der Waals surface area contributed by atoms with E-state index >= 15 is 0 Å². The smallest absolute Gasteiger partial charge is 0.271 e. The number of carbonyl (C=O) groups excluding carboxylic acids is 1. The summed E-state index contributed by atoms with van der Waals surface area (Å²) in [4.78, 5) is 22.9. The van der Waals surface area contributed by atoms with Crippen LogP contribution >= 0.6 is 11.8 Å². The van der Waals surface area contributed by atoms with Crippen LogP contribution in [0.2, 0.25) is 0 Å². The number of anilines is 1. The molecule has 0 spiro atoms. The van der Waals surface area contributed by atoms with E-state index in [4.69, 9.17) is 4.74 Å². The second kappa shape index (κ2) is 9.96. The number of rotatable bonds is 8. The number of hydrogen-bond donors (Lipinski definition) is 1. The van der Waals surface area contributed by atoms with E-state index < -0.39 is 4.92 Å². The van der Waals surface area contributed by atoms with Crippen LogP contribution in [0.1, 0.15) is 0 Å². The molecule has 3 aromatic carbocycles. The topological polar surface area (TPSA) is 112 Å². The third kappa shape index (κ3) is 5.18. The van der Waals surface area contributed by atoms with E-state index in [0.717, 1.165) is 17.0 Å². The zero-order valence-electron chi connectivity index (χ0n) is 17.5. The van der Waals surface area contributed by atoms with E-state index in [1.54, 1.807) is 13.2 Å². The molecule has 0 saturated carbocycles. The van der Waals surface area contributed by atoms with Crippen LogP contribution in [0.25, 0.3) is 17.1 Å². The minimum Gasteiger partial charge on any atom is -0.497 e. The zero-order valence-corrected chi connectivity index (χ0v) is 18.4. The first-order chi connectivity index (χ1) is 16.0. The van der Waals surface area contributed by atoms with Crippen molar-refractivity contribution in [2.24, 2.45) is 0 Å². The van der Waals surface area contributed by atoms with Gasteiger partial charge in [-0.2, -0.15) is 0 Å². The van der Waals surface area contributed by atoms with E-state index in [1.165, 1.54) is 30.0 Å². The molecule has 1 amide bonds. The van der Waals surface area contributed by atoms with Gasteiger partial charge in [0.25, 0.3) is 5.69 Å². The Kier molecular flexibility index (Phi) is 6.65. The summed E-state index contributed by atoms with van der Waals surface area (Å²) in [6.07, 6.45) is 0. The van der Waals surface area contributed by atoms with Crippen molar-refractivity contribution in [1.82, 2.24) is 14.8 Å². The summed E-state index contributed by atoms with van der Waals surface area (Å²) in [5, 5.41) is 22.8. The van der Waals surface area contributed by atoms with Crippen LogP contribution < -0.4 is 10.1 Å².